The normalized spacial score (nSPS) is 10.6. The van der Waals surface area contributed by atoms with Gasteiger partial charge >= 0.3 is 0 Å². The minimum absolute atomic E-state index is 0.857. The van der Waals surface area contributed by atoms with Crippen LogP contribution in [0.4, 0.5) is 0 Å². The van der Waals surface area contributed by atoms with Crippen LogP contribution in [0.5, 0.6) is 5.75 Å². The Morgan fingerprint density at radius 2 is 2.12 bits per heavy atom. The van der Waals surface area contributed by atoms with Crippen molar-refractivity contribution in [3.8, 4) is 5.75 Å². The van der Waals surface area contributed by atoms with Gasteiger partial charge < -0.3 is 4.74 Å². The molecule has 2 heteroatoms. The summed E-state index contributed by atoms with van der Waals surface area (Å²) in [4.78, 5) is 4.40. The summed E-state index contributed by atoms with van der Waals surface area (Å²) in [7, 11) is 1.69. The highest BCUT2D eigenvalue weighted by molar-refractivity contribution is 5.87. The molecule has 0 spiro atoms. The van der Waals surface area contributed by atoms with Gasteiger partial charge in [-0.3, -0.25) is 4.98 Å². The SMILES string of the molecule is CCCCc1ccc(OC)c2ncccc12. The average molecular weight is 215 g/mol. The number of hydrogen-bond acceptors (Lipinski definition) is 2. The number of aryl methyl sites for hydroxylation is 1. The number of fused-ring (bicyclic) bond motifs is 1. The highest BCUT2D eigenvalue weighted by Crippen LogP contribution is 2.27. The van der Waals surface area contributed by atoms with Gasteiger partial charge in [0.25, 0.3) is 0 Å². The fraction of sp³-hybridized carbons (Fsp3) is 0.357. The minimum atomic E-state index is 0.857. The molecule has 0 saturated heterocycles. The molecule has 0 amide bonds. The van der Waals surface area contributed by atoms with Gasteiger partial charge in [0.15, 0.2) is 0 Å². The molecule has 2 nitrogen and oxygen atoms in total. The molecule has 0 bridgehead atoms. The molecule has 0 atom stereocenters. The van der Waals surface area contributed by atoms with E-state index in [-0.39, 0.29) is 0 Å². The van der Waals surface area contributed by atoms with Crippen molar-refractivity contribution >= 4 is 10.9 Å². The van der Waals surface area contributed by atoms with E-state index in [1.165, 1.54) is 23.8 Å². The predicted octanol–water partition coefficient (Wildman–Crippen LogP) is 3.59. The first-order valence-corrected chi connectivity index (χ1v) is 5.77. The third-order valence-electron chi connectivity index (χ3n) is 2.84. The number of rotatable bonds is 4. The van der Waals surface area contributed by atoms with E-state index in [9.17, 15) is 0 Å². The van der Waals surface area contributed by atoms with Crippen molar-refractivity contribution in [1.29, 1.82) is 0 Å². The maximum atomic E-state index is 5.32. The molecule has 0 radical (unpaired) electrons. The molecule has 0 fully saturated rings. The Bertz CT molecular complexity index is 479. The van der Waals surface area contributed by atoms with Crippen LogP contribution in [0, 0.1) is 0 Å². The molecule has 0 unspecified atom stereocenters. The summed E-state index contributed by atoms with van der Waals surface area (Å²) < 4.78 is 5.32. The first-order chi connectivity index (χ1) is 7.86. The van der Waals surface area contributed by atoms with Crippen LogP contribution >= 0.6 is 0 Å². The zero-order valence-corrected chi connectivity index (χ0v) is 9.86. The van der Waals surface area contributed by atoms with Crippen LogP contribution in [0.1, 0.15) is 25.3 Å². The maximum Gasteiger partial charge on any atom is 0.145 e. The standard InChI is InChI=1S/C14H17NO/c1-3-4-6-11-8-9-13(16-2)14-12(11)7-5-10-15-14/h5,7-10H,3-4,6H2,1-2H3. The van der Waals surface area contributed by atoms with Crippen LogP contribution in [0.25, 0.3) is 10.9 Å². The van der Waals surface area contributed by atoms with E-state index < -0.39 is 0 Å². The fourth-order valence-corrected chi connectivity index (χ4v) is 1.96. The molecule has 1 aromatic carbocycles. The Balaban J connectivity index is 2.51. The Morgan fingerprint density at radius 1 is 1.25 bits per heavy atom. The molecular weight excluding hydrogens is 198 g/mol. The summed E-state index contributed by atoms with van der Waals surface area (Å²) in [6.07, 6.45) is 5.36. The summed E-state index contributed by atoms with van der Waals surface area (Å²) >= 11 is 0. The zero-order valence-electron chi connectivity index (χ0n) is 9.86. The van der Waals surface area contributed by atoms with Gasteiger partial charge in [-0.05, 0) is 30.5 Å². The number of hydrogen-bond donors (Lipinski definition) is 0. The molecule has 0 aliphatic rings. The summed E-state index contributed by atoms with van der Waals surface area (Å²) in [5.41, 5.74) is 2.34. The second kappa shape index (κ2) is 4.97. The smallest absolute Gasteiger partial charge is 0.145 e. The lowest BCUT2D eigenvalue weighted by Gasteiger charge is -2.08. The highest BCUT2D eigenvalue weighted by atomic mass is 16.5. The predicted molar refractivity (Wildman–Crippen MR) is 66.9 cm³/mol. The molecule has 1 aromatic heterocycles. The molecule has 0 N–H and O–H groups in total. The van der Waals surface area contributed by atoms with Crippen LogP contribution in [0.3, 0.4) is 0 Å². The second-order valence-corrected chi connectivity index (χ2v) is 3.93. The number of methoxy groups -OCH3 is 1. The Morgan fingerprint density at radius 3 is 2.88 bits per heavy atom. The van der Waals surface area contributed by atoms with Gasteiger partial charge in [-0.2, -0.15) is 0 Å². The van der Waals surface area contributed by atoms with E-state index >= 15 is 0 Å². The molecular formula is C14H17NO. The number of benzene rings is 1. The monoisotopic (exact) mass is 215 g/mol. The van der Waals surface area contributed by atoms with Gasteiger partial charge in [-0.25, -0.2) is 0 Å². The summed E-state index contributed by atoms with van der Waals surface area (Å²) in [6, 6.07) is 8.27. The fourth-order valence-electron chi connectivity index (χ4n) is 1.96. The largest absolute Gasteiger partial charge is 0.494 e. The average Bonchev–Trinajstić information content (AvgIpc) is 2.36. The van der Waals surface area contributed by atoms with Gasteiger partial charge in [-0.15, -0.1) is 0 Å². The lowest BCUT2D eigenvalue weighted by molar-refractivity contribution is 0.419. The first kappa shape index (κ1) is 10.9. The quantitative estimate of drug-likeness (QED) is 0.777. The second-order valence-electron chi connectivity index (χ2n) is 3.93. The van der Waals surface area contributed by atoms with Crippen LogP contribution in [-0.2, 0) is 6.42 Å². The Labute approximate surface area is 96.3 Å². The molecule has 1 heterocycles. The van der Waals surface area contributed by atoms with Crippen LogP contribution < -0.4 is 4.74 Å². The molecule has 2 aromatic rings. The summed E-state index contributed by atoms with van der Waals surface area (Å²) in [6.45, 7) is 2.21. The van der Waals surface area contributed by atoms with Gasteiger partial charge in [0, 0.05) is 11.6 Å². The Kier molecular flexibility index (Phi) is 3.40. The first-order valence-electron chi connectivity index (χ1n) is 5.77. The van der Waals surface area contributed by atoms with Gasteiger partial charge in [0.2, 0.25) is 0 Å². The van der Waals surface area contributed by atoms with E-state index in [1.807, 2.05) is 18.3 Å². The van der Waals surface area contributed by atoms with Crippen molar-refractivity contribution in [2.24, 2.45) is 0 Å². The molecule has 16 heavy (non-hydrogen) atoms. The minimum Gasteiger partial charge on any atom is -0.494 e. The van der Waals surface area contributed by atoms with Crippen LogP contribution in [0.2, 0.25) is 0 Å². The topological polar surface area (TPSA) is 22.1 Å². The van der Waals surface area contributed by atoms with Gasteiger partial charge in [0.1, 0.15) is 11.3 Å². The number of aromatic nitrogens is 1. The lowest BCUT2D eigenvalue weighted by Crippen LogP contribution is -1.92. The maximum absolute atomic E-state index is 5.32. The lowest BCUT2D eigenvalue weighted by atomic mass is 10.0. The van der Waals surface area contributed by atoms with Crippen molar-refractivity contribution < 1.29 is 4.74 Å². The number of pyridine rings is 1. The van der Waals surface area contributed by atoms with Crippen molar-refractivity contribution in [2.45, 2.75) is 26.2 Å². The molecule has 0 aliphatic carbocycles. The third-order valence-corrected chi connectivity index (χ3v) is 2.84. The van der Waals surface area contributed by atoms with Crippen LogP contribution in [-0.4, -0.2) is 12.1 Å². The van der Waals surface area contributed by atoms with Gasteiger partial charge in [-0.1, -0.05) is 25.5 Å². The van der Waals surface area contributed by atoms with Crippen molar-refractivity contribution in [3.05, 3.63) is 36.0 Å². The zero-order chi connectivity index (χ0) is 11.4. The summed E-state index contributed by atoms with van der Waals surface area (Å²) in [5.74, 6) is 0.857. The van der Waals surface area contributed by atoms with E-state index in [0.717, 1.165) is 17.7 Å². The molecule has 0 saturated carbocycles. The highest BCUT2D eigenvalue weighted by Gasteiger charge is 2.06. The van der Waals surface area contributed by atoms with E-state index in [1.54, 1.807) is 7.11 Å². The van der Waals surface area contributed by atoms with Crippen molar-refractivity contribution in [1.82, 2.24) is 4.98 Å². The molecule has 2 rings (SSSR count). The van der Waals surface area contributed by atoms with Gasteiger partial charge in [0.05, 0.1) is 7.11 Å². The van der Waals surface area contributed by atoms with E-state index in [2.05, 4.69) is 24.0 Å². The van der Waals surface area contributed by atoms with Crippen LogP contribution in [0.15, 0.2) is 30.5 Å². The number of ether oxygens (including phenoxy) is 1. The van der Waals surface area contributed by atoms with E-state index in [0.29, 0.717) is 0 Å². The summed E-state index contributed by atoms with van der Waals surface area (Å²) in [5, 5.41) is 1.22. The van der Waals surface area contributed by atoms with Crippen molar-refractivity contribution in [3.63, 3.8) is 0 Å². The Hall–Kier alpha value is -1.57. The number of nitrogens with zero attached hydrogens (tertiary/aromatic N) is 1. The third kappa shape index (κ3) is 2.01. The molecule has 84 valence electrons. The van der Waals surface area contributed by atoms with Crippen molar-refractivity contribution in [2.75, 3.05) is 7.11 Å². The molecule has 0 aliphatic heterocycles. The number of unbranched alkanes of at least 4 members (excludes halogenated alkanes) is 1. The van der Waals surface area contributed by atoms with E-state index in [4.69, 9.17) is 4.74 Å².